The summed E-state index contributed by atoms with van der Waals surface area (Å²) in [6.45, 7) is 3.31. The van der Waals surface area contributed by atoms with Crippen LogP contribution >= 0.6 is 7.82 Å². The highest BCUT2D eigenvalue weighted by molar-refractivity contribution is 7.47. The van der Waals surface area contributed by atoms with Gasteiger partial charge in [-0.2, -0.15) is 0 Å². The molecule has 2 aliphatic heterocycles. The second-order valence-corrected chi connectivity index (χ2v) is 14.1. The molecule has 0 aromatic carbocycles. The van der Waals surface area contributed by atoms with Crippen LogP contribution in [0.3, 0.4) is 0 Å². The fourth-order valence-electron chi connectivity index (χ4n) is 6.46. The third kappa shape index (κ3) is 14.6. The molecular formula is C31H63NO6P+. The Morgan fingerprint density at radius 3 is 1.69 bits per heavy atom. The van der Waals surface area contributed by atoms with Gasteiger partial charge in [0.2, 0.25) is 0 Å². The minimum atomic E-state index is -4.12. The Kier molecular flexibility index (Phi) is 18.0. The number of piperidine rings is 1. The molecule has 232 valence electrons. The fraction of sp³-hybridized carbons (Fsp3) is 1.00. The van der Waals surface area contributed by atoms with Gasteiger partial charge >= 0.3 is 7.82 Å². The third-order valence-electron chi connectivity index (χ3n) is 9.27. The first-order valence-corrected chi connectivity index (χ1v) is 17.9. The summed E-state index contributed by atoms with van der Waals surface area (Å²) in [5.74, 6) is 0. The largest absolute Gasteiger partial charge is 0.472 e. The van der Waals surface area contributed by atoms with Gasteiger partial charge in [0.25, 0.3) is 0 Å². The summed E-state index contributed by atoms with van der Waals surface area (Å²) in [5, 5.41) is 0. The highest BCUT2D eigenvalue weighted by Gasteiger charge is 2.50. The molecule has 8 heteroatoms. The van der Waals surface area contributed by atoms with Crippen LogP contribution < -0.4 is 0 Å². The van der Waals surface area contributed by atoms with Gasteiger partial charge in [-0.25, -0.2) is 4.57 Å². The topological polar surface area (TPSA) is 74.2 Å². The summed E-state index contributed by atoms with van der Waals surface area (Å²) in [7, 11) is 1.98. The van der Waals surface area contributed by atoms with Gasteiger partial charge in [-0.05, 0) is 6.42 Å². The Balaban J connectivity index is 1.39. The molecule has 7 nitrogen and oxygen atoms in total. The molecule has 0 amide bonds. The van der Waals surface area contributed by atoms with E-state index in [9.17, 15) is 9.46 Å². The molecule has 0 aromatic heterocycles. The monoisotopic (exact) mass is 576 g/mol. The van der Waals surface area contributed by atoms with Crippen molar-refractivity contribution in [3.8, 4) is 0 Å². The maximum Gasteiger partial charge on any atom is 0.472 e. The molecule has 2 aliphatic rings. The number of rotatable bonds is 25. The zero-order chi connectivity index (χ0) is 28.4. The van der Waals surface area contributed by atoms with Crippen molar-refractivity contribution in [3.63, 3.8) is 0 Å². The van der Waals surface area contributed by atoms with E-state index in [0.717, 1.165) is 36.6 Å². The number of ether oxygens (including phenoxy) is 2. The number of quaternary nitrogens is 1. The summed E-state index contributed by atoms with van der Waals surface area (Å²) in [4.78, 5) is 10.3. The number of methoxy groups -OCH3 is 1. The van der Waals surface area contributed by atoms with Crippen LogP contribution in [0.1, 0.15) is 135 Å². The lowest BCUT2D eigenvalue weighted by Gasteiger charge is -2.44. The number of hydrogen-bond donors (Lipinski definition) is 1. The van der Waals surface area contributed by atoms with E-state index in [4.69, 9.17) is 18.5 Å². The number of fused-ring (bicyclic) bond motifs is 2. The number of nitrogens with zero attached hydrogens (tertiary/aromatic N) is 1. The number of phosphoric ester groups is 1. The molecule has 0 saturated carbocycles. The van der Waals surface area contributed by atoms with E-state index in [0.29, 0.717) is 25.3 Å². The number of hydrogen-bond acceptors (Lipinski definition) is 5. The van der Waals surface area contributed by atoms with E-state index < -0.39 is 7.82 Å². The minimum absolute atomic E-state index is 0.00955. The molecule has 4 atom stereocenters. The molecule has 2 rings (SSSR count). The quantitative estimate of drug-likeness (QED) is 0.0671. The number of phosphoric acid groups is 1. The van der Waals surface area contributed by atoms with Crippen molar-refractivity contribution in [3.05, 3.63) is 0 Å². The van der Waals surface area contributed by atoms with E-state index in [2.05, 4.69) is 21.0 Å². The molecule has 2 saturated heterocycles. The summed E-state index contributed by atoms with van der Waals surface area (Å²) < 4.78 is 35.6. The van der Waals surface area contributed by atoms with Crippen molar-refractivity contribution in [1.82, 2.24) is 0 Å². The average molecular weight is 577 g/mol. The van der Waals surface area contributed by atoms with Crippen LogP contribution in [0, 0.1) is 0 Å². The molecule has 2 heterocycles. The van der Waals surface area contributed by atoms with Gasteiger partial charge in [-0.3, -0.25) is 9.05 Å². The Bertz CT molecular complexity index is 647. The molecule has 0 spiro atoms. The third-order valence-corrected chi connectivity index (χ3v) is 10.3. The van der Waals surface area contributed by atoms with Gasteiger partial charge in [-0.15, -0.1) is 0 Å². The van der Waals surface area contributed by atoms with Crippen LogP contribution in [0.5, 0.6) is 0 Å². The minimum Gasteiger partial charge on any atom is -0.379 e. The van der Waals surface area contributed by atoms with Crippen molar-refractivity contribution < 1.29 is 32.5 Å². The van der Waals surface area contributed by atoms with Crippen molar-refractivity contribution in [2.24, 2.45) is 0 Å². The SMILES string of the molecule is CCCCCCCCCCCCCCCCCCOCC(COP(=O)(O)OC1CC2CCC(C1)[N+]2(C)C)OC. The van der Waals surface area contributed by atoms with Gasteiger partial charge in [-0.1, -0.05) is 103 Å². The fourth-order valence-corrected chi connectivity index (χ4v) is 7.43. The standard InChI is InChI=1S/C31H62NO6P/c1-5-6-7-8-9-10-11-12-13-14-15-16-17-18-19-20-23-36-26-31(35-4)27-37-39(33,34)38-30-24-28-21-22-29(25-30)32(28,2)3/h28-31H,5-27H2,1-4H3/p+1. The molecule has 4 unspecified atom stereocenters. The lowest BCUT2D eigenvalue weighted by Crippen LogP contribution is -2.55. The first-order chi connectivity index (χ1) is 18.8. The first-order valence-electron chi connectivity index (χ1n) is 16.4. The van der Waals surface area contributed by atoms with Crippen LogP contribution in [0.15, 0.2) is 0 Å². The van der Waals surface area contributed by atoms with E-state index in [1.807, 2.05) is 0 Å². The zero-order valence-corrected chi connectivity index (χ0v) is 26.9. The molecular weight excluding hydrogens is 513 g/mol. The molecule has 0 aliphatic carbocycles. The Morgan fingerprint density at radius 2 is 1.23 bits per heavy atom. The molecule has 1 N–H and O–H groups in total. The van der Waals surface area contributed by atoms with Gasteiger partial charge in [0, 0.05) is 39.4 Å². The highest BCUT2D eigenvalue weighted by Crippen LogP contribution is 2.49. The van der Waals surface area contributed by atoms with Crippen LogP contribution in [-0.2, 0) is 23.1 Å². The van der Waals surface area contributed by atoms with Crippen LogP contribution in [0.2, 0.25) is 0 Å². The molecule has 2 fully saturated rings. The van der Waals surface area contributed by atoms with E-state index >= 15 is 0 Å². The highest BCUT2D eigenvalue weighted by atomic mass is 31.2. The summed E-state index contributed by atoms with van der Waals surface area (Å²) in [6, 6.07) is 0.997. The second-order valence-electron chi connectivity index (χ2n) is 12.7. The zero-order valence-electron chi connectivity index (χ0n) is 26.0. The maximum atomic E-state index is 12.5. The maximum absolute atomic E-state index is 12.5. The summed E-state index contributed by atoms with van der Waals surface area (Å²) in [5.41, 5.74) is 0. The normalized spacial score (nSPS) is 24.6. The van der Waals surface area contributed by atoms with Crippen molar-refractivity contribution in [1.29, 1.82) is 0 Å². The van der Waals surface area contributed by atoms with E-state index in [-0.39, 0.29) is 18.8 Å². The van der Waals surface area contributed by atoms with Gasteiger partial charge in [0.15, 0.2) is 0 Å². The lowest BCUT2D eigenvalue weighted by atomic mass is 9.98. The molecule has 0 aromatic rings. The van der Waals surface area contributed by atoms with E-state index in [1.165, 1.54) is 96.3 Å². The first kappa shape index (κ1) is 35.2. The van der Waals surface area contributed by atoms with Crippen molar-refractivity contribution in [2.75, 3.05) is 41.0 Å². The van der Waals surface area contributed by atoms with Gasteiger partial charge in [0.05, 0.1) is 45.5 Å². The van der Waals surface area contributed by atoms with Crippen LogP contribution in [0.4, 0.5) is 0 Å². The predicted octanol–water partition coefficient (Wildman–Crippen LogP) is 8.18. The van der Waals surface area contributed by atoms with Crippen molar-refractivity contribution in [2.45, 2.75) is 160 Å². The lowest BCUT2D eigenvalue weighted by molar-refractivity contribution is -0.931. The van der Waals surface area contributed by atoms with E-state index in [1.54, 1.807) is 7.11 Å². The average Bonchev–Trinajstić information content (AvgIpc) is 3.04. The smallest absolute Gasteiger partial charge is 0.379 e. The number of unbranched alkanes of at least 4 members (excludes halogenated alkanes) is 15. The predicted molar refractivity (Wildman–Crippen MR) is 160 cm³/mol. The van der Waals surface area contributed by atoms with Gasteiger partial charge < -0.3 is 18.9 Å². The second kappa shape index (κ2) is 20.0. The van der Waals surface area contributed by atoms with Crippen molar-refractivity contribution >= 4 is 7.82 Å². The Hall–Kier alpha value is -0.0100. The van der Waals surface area contributed by atoms with Gasteiger partial charge in [0.1, 0.15) is 6.10 Å². The van der Waals surface area contributed by atoms with Crippen LogP contribution in [-0.4, -0.2) is 74.7 Å². The molecule has 0 radical (unpaired) electrons. The Morgan fingerprint density at radius 1 is 0.769 bits per heavy atom. The molecule has 2 bridgehead atoms. The van der Waals surface area contributed by atoms with Crippen LogP contribution in [0.25, 0.3) is 0 Å². The summed E-state index contributed by atoms with van der Waals surface area (Å²) >= 11 is 0. The Labute approximate surface area is 240 Å². The summed E-state index contributed by atoms with van der Waals surface area (Å²) in [6.07, 6.45) is 25.0. The molecule has 39 heavy (non-hydrogen) atoms.